The minimum Gasteiger partial charge on any atom is -0.334 e. The maximum absolute atomic E-state index is 12.2. The van der Waals surface area contributed by atoms with Crippen LogP contribution in [0.1, 0.15) is 17.3 Å². The molecule has 3 aromatic rings. The Hall–Kier alpha value is -2.94. The Morgan fingerprint density at radius 1 is 1.19 bits per heavy atom. The third-order valence-electron chi connectivity index (χ3n) is 4.21. The lowest BCUT2D eigenvalue weighted by molar-refractivity contribution is 0.117. The fourth-order valence-electron chi connectivity index (χ4n) is 2.71. The number of nitrogens with one attached hydrogen (secondary N) is 1. The first-order valence-electron chi connectivity index (χ1n) is 8.19. The lowest BCUT2D eigenvalue weighted by Crippen LogP contribution is -2.54. The van der Waals surface area contributed by atoms with E-state index < -0.39 is 0 Å². The van der Waals surface area contributed by atoms with Gasteiger partial charge < -0.3 is 10.2 Å². The number of hydrogen-bond donors (Lipinski definition) is 1. The van der Waals surface area contributed by atoms with Gasteiger partial charge in [-0.1, -0.05) is 28.9 Å². The molecule has 9 nitrogen and oxygen atoms in total. The van der Waals surface area contributed by atoms with E-state index in [9.17, 15) is 4.79 Å². The van der Waals surface area contributed by atoms with E-state index >= 15 is 0 Å². The first-order chi connectivity index (χ1) is 12.7. The van der Waals surface area contributed by atoms with Crippen molar-refractivity contribution in [1.29, 1.82) is 0 Å². The highest BCUT2D eigenvalue weighted by Crippen LogP contribution is 2.20. The molecule has 4 rings (SSSR count). The van der Waals surface area contributed by atoms with Crippen LogP contribution in [0.2, 0.25) is 5.02 Å². The number of aromatic nitrogens is 6. The van der Waals surface area contributed by atoms with Crippen molar-refractivity contribution in [2.24, 2.45) is 0 Å². The van der Waals surface area contributed by atoms with Gasteiger partial charge in [0.05, 0.1) is 24.6 Å². The molecule has 0 unspecified atom stereocenters. The molecule has 2 aromatic heterocycles. The van der Waals surface area contributed by atoms with E-state index in [1.54, 1.807) is 26.8 Å². The highest BCUT2D eigenvalue weighted by Gasteiger charge is 2.32. The maximum Gasteiger partial charge on any atom is 0.317 e. The van der Waals surface area contributed by atoms with E-state index in [0.717, 1.165) is 11.3 Å². The molecule has 1 aliphatic rings. The third-order valence-corrected chi connectivity index (χ3v) is 4.46. The molecule has 3 heterocycles. The molecule has 10 heteroatoms. The number of benzene rings is 1. The fraction of sp³-hybridized carbons (Fsp3) is 0.312. The molecule has 1 saturated heterocycles. The number of urea groups is 1. The predicted octanol–water partition coefficient (Wildman–Crippen LogP) is 1.34. The van der Waals surface area contributed by atoms with Gasteiger partial charge in [0.25, 0.3) is 0 Å². The van der Waals surface area contributed by atoms with Crippen LogP contribution in [0.3, 0.4) is 0 Å². The van der Waals surface area contributed by atoms with E-state index in [0.29, 0.717) is 31.2 Å². The van der Waals surface area contributed by atoms with E-state index in [1.807, 2.05) is 30.5 Å². The molecule has 26 heavy (non-hydrogen) atoms. The van der Waals surface area contributed by atoms with Crippen LogP contribution < -0.4 is 5.32 Å². The van der Waals surface area contributed by atoms with Crippen molar-refractivity contribution < 1.29 is 4.79 Å². The minimum atomic E-state index is -0.0859. The van der Waals surface area contributed by atoms with Crippen LogP contribution in [0.5, 0.6) is 0 Å². The van der Waals surface area contributed by atoms with Crippen LogP contribution in [-0.2, 0) is 13.1 Å². The summed E-state index contributed by atoms with van der Waals surface area (Å²) >= 11 is 5.85. The standard InChI is InChI=1S/C16H17ClN8O/c17-13-3-1-12(2-4-13)7-18-16(26)23-10-15(11-23)24-8-14(21-22-24)9-25-19-5-6-20-25/h1-6,8,15H,7,9-11H2,(H,18,26). The molecule has 1 aliphatic heterocycles. The Morgan fingerprint density at radius 3 is 2.65 bits per heavy atom. The average molecular weight is 373 g/mol. The summed E-state index contributed by atoms with van der Waals surface area (Å²) in [5.41, 5.74) is 1.79. The van der Waals surface area contributed by atoms with Crippen LogP contribution in [0.15, 0.2) is 42.9 Å². The number of rotatable bonds is 5. The Bertz CT molecular complexity index is 870. The summed E-state index contributed by atoms with van der Waals surface area (Å²) in [5.74, 6) is 0. The van der Waals surface area contributed by atoms with Gasteiger partial charge in [0.2, 0.25) is 0 Å². The summed E-state index contributed by atoms with van der Waals surface area (Å²) in [4.78, 5) is 15.5. The van der Waals surface area contributed by atoms with Crippen molar-refractivity contribution in [3.63, 3.8) is 0 Å². The van der Waals surface area contributed by atoms with Crippen molar-refractivity contribution in [3.8, 4) is 0 Å². The second-order valence-electron chi connectivity index (χ2n) is 6.09. The van der Waals surface area contributed by atoms with Gasteiger partial charge in [-0.3, -0.25) is 0 Å². The van der Waals surface area contributed by atoms with Gasteiger partial charge >= 0.3 is 6.03 Å². The van der Waals surface area contributed by atoms with Gasteiger partial charge in [0, 0.05) is 24.7 Å². The Kier molecular flexibility index (Phi) is 4.53. The molecule has 134 valence electrons. The van der Waals surface area contributed by atoms with Gasteiger partial charge in [-0.25, -0.2) is 9.48 Å². The SMILES string of the molecule is O=C(NCc1ccc(Cl)cc1)N1CC(n2cc(Cn3nccn3)nn2)C1. The highest BCUT2D eigenvalue weighted by molar-refractivity contribution is 6.30. The number of amides is 2. The summed E-state index contributed by atoms with van der Waals surface area (Å²) in [7, 11) is 0. The molecule has 2 amide bonds. The van der Waals surface area contributed by atoms with Crippen LogP contribution in [-0.4, -0.2) is 54.0 Å². The molecule has 0 spiro atoms. The van der Waals surface area contributed by atoms with Gasteiger partial charge in [-0.05, 0) is 17.7 Å². The smallest absolute Gasteiger partial charge is 0.317 e. The number of hydrogen-bond acceptors (Lipinski definition) is 5. The lowest BCUT2D eigenvalue weighted by atomic mass is 10.1. The second-order valence-corrected chi connectivity index (χ2v) is 6.53. The lowest BCUT2D eigenvalue weighted by Gasteiger charge is -2.38. The molecule has 0 radical (unpaired) electrons. The summed E-state index contributed by atoms with van der Waals surface area (Å²) in [5, 5.41) is 19.9. The molecule has 0 bridgehead atoms. The summed E-state index contributed by atoms with van der Waals surface area (Å²) in [6, 6.07) is 7.47. The molecular weight excluding hydrogens is 356 g/mol. The molecule has 0 saturated carbocycles. The topological polar surface area (TPSA) is 93.8 Å². The fourth-order valence-corrected chi connectivity index (χ4v) is 2.84. The van der Waals surface area contributed by atoms with Crippen LogP contribution >= 0.6 is 11.6 Å². The van der Waals surface area contributed by atoms with Crippen LogP contribution in [0.25, 0.3) is 0 Å². The van der Waals surface area contributed by atoms with Crippen LogP contribution in [0.4, 0.5) is 4.79 Å². The van der Waals surface area contributed by atoms with Gasteiger partial charge in [-0.15, -0.1) is 5.10 Å². The first kappa shape index (κ1) is 16.5. The van der Waals surface area contributed by atoms with Gasteiger partial charge in [-0.2, -0.15) is 15.0 Å². The molecule has 0 aliphatic carbocycles. The van der Waals surface area contributed by atoms with Crippen LogP contribution in [0, 0.1) is 0 Å². The van der Waals surface area contributed by atoms with Crippen molar-refractivity contribution in [2.45, 2.75) is 19.1 Å². The number of halogens is 1. The average Bonchev–Trinajstić information content (AvgIpc) is 3.26. The Labute approximate surface area is 154 Å². The quantitative estimate of drug-likeness (QED) is 0.729. The Balaban J connectivity index is 1.25. The summed E-state index contributed by atoms with van der Waals surface area (Å²) in [6.07, 6.45) is 5.12. The molecule has 1 aromatic carbocycles. The normalized spacial score (nSPS) is 14.3. The summed E-state index contributed by atoms with van der Waals surface area (Å²) < 4.78 is 1.79. The van der Waals surface area contributed by atoms with E-state index in [1.165, 1.54) is 0 Å². The van der Waals surface area contributed by atoms with Crippen molar-refractivity contribution >= 4 is 17.6 Å². The minimum absolute atomic E-state index is 0.0859. The van der Waals surface area contributed by atoms with Crippen molar-refractivity contribution in [2.75, 3.05) is 13.1 Å². The predicted molar refractivity (Wildman–Crippen MR) is 93.4 cm³/mol. The first-order valence-corrected chi connectivity index (χ1v) is 8.57. The molecule has 1 N–H and O–H groups in total. The molecule has 1 fully saturated rings. The zero-order valence-corrected chi connectivity index (χ0v) is 14.6. The van der Waals surface area contributed by atoms with E-state index in [-0.39, 0.29) is 12.1 Å². The maximum atomic E-state index is 12.2. The number of carbonyl (C=O) groups is 1. The summed E-state index contributed by atoms with van der Waals surface area (Å²) in [6.45, 7) is 2.16. The van der Waals surface area contributed by atoms with Crippen molar-refractivity contribution in [3.05, 3.63) is 59.1 Å². The third kappa shape index (κ3) is 3.67. The number of carbonyl (C=O) groups excluding carboxylic acids is 1. The second kappa shape index (κ2) is 7.12. The molecular formula is C16H17ClN8O. The zero-order valence-electron chi connectivity index (χ0n) is 13.9. The van der Waals surface area contributed by atoms with Crippen molar-refractivity contribution in [1.82, 2.24) is 40.2 Å². The zero-order chi connectivity index (χ0) is 17.9. The van der Waals surface area contributed by atoms with E-state index in [2.05, 4.69) is 25.8 Å². The largest absolute Gasteiger partial charge is 0.334 e. The highest BCUT2D eigenvalue weighted by atomic mass is 35.5. The molecule has 0 atom stereocenters. The van der Waals surface area contributed by atoms with E-state index in [4.69, 9.17) is 11.6 Å². The number of likely N-dealkylation sites (tertiary alicyclic amines) is 1. The Morgan fingerprint density at radius 2 is 1.92 bits per heavy atom. The number of nitrogens with zero attached hydrogens (tertiary/aromatic N) is 7. The monoisotopic (exact) mass is 372 g/mol. The van der Waals surface area contributed by atoms with Gasteiger partial charge in [0.1, 0.15) is 12.2 Å². The van der Waals surface area contributed by atoms with Gasteiger partial charge in [0.15, 0.2) is 0 Å².